The number of benzene rings is 3. The first kappa shape index (κ1) is 21.5. The van der Waals surface area contributed by atoms with E-state index >= 15 is 0 Å². The Balaban J connectivity index is 1.69. The summed E-state index contributed by atoms with van der Waals surface area (Å²) in [5, 5.41) is 3.26. The standard InChI is InChI=1S/C25H21F3N2O2/c1-17(18-9-4-2-5-10-18)29-22-16-23(30(24(22)31)20-12-6-3-7-13-20)19-11-8-14-21(15-19)32-25(26,27)28/h2-17,23,29H,1H3/t17-,23-/m1/s1. The fourth-order valence-corrected chi connectivity index (χ4v) is 3.74. The third-order valence-electron chi connectivity index (χ3n) is 5.19. The van der Waals surface area contributed by atoms with Gasteiger partial charge < -0.3 is 10.1 Å². The molecule has 1 N–H and O–H groups in total. The molecule has 0 saturated heterocycles. The average Bonchev–Trinajstić information content (AvgIpc) is 3.10. The minimum absolute atomic E-state index is 0.136. The van der Waals surface area contributed by atoms with Crippen LogP contribution >= 0.6 is 0 Å². The minimum atomic E-state index is -4.79. The van der Waals surface area contributed by atoms with Crippen molar-refractivity contribution in [2.45, 2.75) is 25.4 Å². The molecule has 1 aliphatic rings. The zero-order chi connectivity index (χ0) is 22.7. The number of halogens is 3. The molecular weight excluding hydrogens is 417 g/mol. The van der Waals surface area contributed by atoms with E-state index in [1.807, 2.05) is 43.3 Å². The number of nitrogens with one attached hydrogen (secondary N) is 1. The lowest BCUT2D eigenvalue weighted by molar-refractivity contribution is -0.274. The Morgan fingerprint density at radius 3 is 2.25 bits per heavy atom. The summed E-state index contributed by atoms with van der Waals surface area (Å²) in [6.07, 6.45) is -3.06. The number of hydrogen-bond acceptors (Lipinski definition) is 3. The second-order valence-corrected chi connectivity index (χ2v) is 7.43. The Hall–Kier alpha value is -3.74. The summed E-state index contributed by atoms with van der Waals surface area (Å²) in [5.41, 5.74) is 2.55. The molecule has 0 fully saturated rings. The lowest BCUT2D eigenvalue weighted by atomic mass is 10.1. The first-order valence-corrected chi connectivity index (χ1v) is 10.1. The van der Waals surface area contributed by atoms with Crippen molar-refractivity contribution in [3.63, 3.8) is 0 Å². The van der Waals surface area contributed by atoms with Gasteiger partial charge in [-0.15, -0.1) is 13.2 Å². The number of anilines is 1. The van der Waals surface area contributed by atoms with Gasteiger partial charge in [0.25, 0.3) is 5.91 Å². The van der Waals surface area contributed by atoms with Crippen LogP contribution in [-0.2, 0) is 4.79 Å². The van der Waals surface area contributed by atoms with Crippen LogP contribution in [0.2, 0.25) is 0 Å². The smallest absolute Gasteiger partial charge is 0.406 e. The van der Waals surface area contributed by atoms with E-state index in [9.17, 15) is 18.0 Å². The maximum Gasteiger partial charge on any atom is 0.573 e. The van der Waals surface area contributed by atoms with Crippen LogP contribution in [0, 0.1) is 0 Å². The first-order chi connectivity index (χ1) is 15.3. The molecule has 3 aromatic carbocycles. The van der Waals surface area contributed by atoms with Crippen molar-refractivity contribution in [1.29, 1.82) is 0 Å². The van der Waals surface area contributed by atoms with Crippen molar-refractivity contribution in [3.8, 4) is 5.75 Å². The third kappa shape index (κ3) is 4.77. The molecule has 1 heterocycles. The monoisotopic (exact) mass is 438 g/mol. The Labute approximate surface area is 183 Å². The van der Waals surface area contributed by atoms with Crippen LogP contribution in [0.3, 0.4) is 0 Å². The van der Waals surface area contributed by atoms with Crippen LogP contribution in [0.4, 0.5) is 18.9 Å². The molecule has 7 heteroatoms. The summed E-state index contributed by atoms with van der Waals surface area (Å²) in [5.74, 6) is -0.589. The molecule has 0 unspecified atom stereocenters. The van der Waals surface area contributed by atoms with Gasteiger partial charge in [-0.1, -0.05) is 60.7 Å². The van der Waals surface area contributed by atoms with Crippen molar-refractivity contribution in [2.75, 3.05) is 4.90 Å². The zero-order valence-electron chi connectivity index (χ0n) is 17.2. The molecule has 1 aliphatic heterocycles. The number of ether oxygens (including phenoxy) is 1. The maximum atomic E-state index is 13.4. The molecular formula is C25H21F3N2O2. The summed E-state index contributed by atoms with van der Waals surface area (Å²) in [6.45, 7) is 1.95. The fourth-order valence-electron chi connectivity index (χ4n) is 3.74. The van der Waals surface area contributed by atoms with Crippen molar-refractivity contribution < 1.29 is 22.7 Å². The van der Waals surface area contributed by atoms with E-state index in [0.29, 0.717) is 16.9 Å². The van der Waals surface area contributed by atoms with Gasteiger partial charge in [0.1, 0.15) is 5.75 Å². The van der Waals surface area contributed by atoms with E-state index in [4.69, 9.17) is 0 Å². The van der Waals surface area contributed by atoms with Crippen molar-refractivity contribution in [3.05, 3.63) is 108 Å². The molecule has 164 valence electrons. The molecule has 4 nitrogen and oxygen atoms in total. The number of carbonyl (C=O) groups excluding carboxylic acids is 1. The molecule has 3 aromatic rings. The van der Waals surface area contributed by atoms with E-state index in [-0.39, 0.29) is 17.7 Å². The van der Waals surface area contributed by atoms with E-state index < -0.39 is 12.4 Å². The Morgan fingerprint density at radius 2 is 1.59 bits per heavy atom. The number of amides is 1. The maximum absolute atomic E-state index is 13.4. The van der Waals surface area contributed by atoms with Crippen molar-refractivity contribution in [1.82, 2.24) is 5.32 Å². The van der Waals surface area contributed by atoms with Gasteiger partial charge in [-0.3, -0.25) is 9.69 Å². The summed E-state index contributed by atoms with van der Waals surface area (Å²) >= 11 is 0. The largest absolute Gasteiger partial charge is 0.573 e. The van der Waals surface area contributed by atoms with Gasteiger partial charge in [0.2, 0.25) is 0 Å². The van der Waals surface area contributed by atoms with E-state index in [1.165, 1.54) is 18.2 Å². The molecule has 1 amide bonds. The van der Waals surface area contributed by atoms with E-state index in [2.05, 4.69) is 10.1 Å². The predicted octanol–water partition coefficient (Wildman–Crippen LogP) is 5.91. The highest BCUT2D eigenvalue weighted by molar-refractivity contribution is 6.08. The fraction of sp³-hybridized carbons (Fsp3) is 0.160. The van der Waals surface area contributed by atoms with Crippen LogP contribution in [0.15, 0.2) is 96.7 Å². The van der Waals surface area contributed by atoms with Gasteiger partial charge >= 0.3 is 6.36 Å². The molecule has 0 radical (unpaired) electrons. The second kappa shape index (κ2) is 8.78. The van der Waals surface area contributed by atoms with Gasteiger partial charge in [-0.05, 0) is 48.4 Å². The number of rotatable bonds is 6. The Bertz CT molecular complexity index is 1110. The van der Waals surface area contributed by atoms with Crippen LogP contribution in [0.5, 0.6) is 5.75 Å². The normalized spacial score (nSPS) is 17.1. The molecule has 0 bridgehead atoms. The Kier molecular flexibility index (Phi) is 5.90. The van der Waals surface area contributed by atoms with E-state index in [1.54, 1.807) is 41.3 Å². The second-order valence-electron chi connectivity index (χ2n) is 7.43. The number of nitrogens with zero attached hydrogens (tertiary/aromatic N) is 1. The van der Waals surface area contributed by atoms with Crippen LogP contribution in [-0.4, -0.2) is 12.3 Å². The highest BCUT2D eigenvalue weighted by Gasteiger charge is 2.36. The molecule has 32 heavy (non-hydrogen) atoms. The lowest BCUT2D eigenvalue weighted by Crippen LogP contribution is -2.33. The van der Waals surface area contributed by atoms with Gasteiger partial charge in [0.05, 0.1) is 11.7 Å². The quantitative estimate of drug-likeness (QED) is 0.520. The molecule has 4 rings (SSSR count). The van der Waals surface area contributed by atoms with Gasteiger partial charge in [-0.2, -0.15) is 0 Å². The number of carbonyl (C=O) groups is 1. The number of para-hydroxylation sites is 1. The minimum Gasteiger partial charge on any atom is -0.406 e. The summed E-state index contributed by atoms with van der Waals surface area (Å²) in [6, 6.07) is 23.7. The van der Waals surface area contributed by atoms with Gasteiger partial charge in [-0.25, -0.2) is 0 Å². The molecule has 0 aromatic heterocycles. The number of hydrogen-bond donors (Lipinski definition) is 1. The number of alkyl halides is 3. The predicted molar refractivity (Wildman–Crippen MR) is 116 cm³/mol. The van der Waals surface area contributed by atoms with Crippen molar-refractivity contribution in [2.24, 2.45) is 0 Å². The molecule has 0 aliphatic carbocycles. The van der Waals surface area contributed by atoms with Gasteiger partial charge in [0.15, 0.2) is 0 Å². The van der Waals surface area contributed by atoms with E-state index in [0.717, 1.165) is 5.56 Å². The summed E-state index contributed by atoms with van der Waals surface area (Å²) < 4.78 is 42.2. The SMILES string of the molecule is C[C@@H](NC1=C[C@H](c2cccc(OC(F)(F)F)c2)N(c2ccccc2)C1=O)c1ccccc1. The van der Waals surface area contributed by atoms with Crippen LogP contribution in [0.1, 0.15) is 30.1 Å². The zero-order valence-corrected chi connectivity index (χ0v) is 17.2. The summed E-state index contributed by atoms with van der Waals surface area (Å²) in [7, 11) is 0. The highest BCUT2D eigenvalue weighted by Crippen LogP contribution is 2.37. The topological polar surface area (TPSA) is 41.6 Å². The van der Waals surface area contributed by atoms with Crippen LogP contribution in [0.25, 0.3) is 0 Å². The average molecular weight is 438 g/mol. The Morgan fingerprint density at radius 1 is 0.938 bits per heavy atom. The first-order valence-electron chi connectivity index (χ1n) is 10.1. The molecule has 0 spiro atoms. The van der Waals surface area contributed by atoms with Gasteiger partial charge in [0, 0.05) is 11.7 Å². The third-order valence-corrected chi connectivity index (χ3v) is 5.19. The molecule has 2 atom stereocenters. The highest BCUT2D eigenvalue weighted by atomic mass is 19.4. The molecule has 0 saturated carbocycles. The lowest BCUT2D eigenvalue weighted by Gasteiger charge is -2.26. The van der Waals surface area contributed by atoms with Crippen LogP contribution < -0.4 is 15.0 Å². The summed E-state index contributed by atoms with van der Waals surface area (Å²) in [4.78, 5) is 14.9. The van der Waals surface area contributed by atoms with Crippen molar-refractivity contribution >= 4 is 11.6 Å².